The Morgan fingerprint density at radius 3 is 1.83 bits per heavy atom. The number of aryl methyl sites for hydroxylation is 1. The molecule has 6 heteroatoms. The molecule has 1 atom stereocenters. The molecular weight excluding hydrogens is 372 g/mol. The first-order valence-electron chi connectivity index (χ1n) is 6.88. The average Bonchev–Trinajstić information content (AvgIpc) is 2.62. The Morgan fingerprint density at radius 2 is 1.46 bits per heavy atom. The summed E-state index contributed by atoms with van der Waals surface area (Å²) in [5, 5.41) is 0. The molecule has 130 valence electrons. The van der Waals surface area contributed by atoms with Crippen molar-refractivity contribution in [2.24, 2.45) is 11.5 Å². The summed E-state index contributed by atoms with van der Waals surface area (Å²) in [5.41, 5.74) is 12.8. The number of primary amides is 1. The van der Waals surface area contributed by atoms with Crippen LogP contribution >= 0.6 is 15.9 Å². The third-order valence-corrected chi connectivity index (χ3v) is 3.63. The van der Waals surface area contributed by atoms with E-state index in [0.29, 0.717) is 6.42 Å². The zero-order valence-electron chi connectivity index (χ0n) is 13.7. The first-order valence-corrected chi connectivity index (χ1v) is 7.67. The highest BCUT2D eigenvalue weighted by atomic mass is 79.9. The molecule has 0 saturated heterocycles. The van der Waals surface area contributed by atoms with Gasteiger partial charge in [0.2, 0.25) is 5.91 Å². The molecule has 0 aliphatic heterocycles. The van der Waals surface area contributed by atoms with Gasteiger partial charge in [-0.2, -0.15) is 0 Å². The summed E-state index contributed by atoms with van der Waals surface area (Å²) in [5.74, 6) is -0.459. The van der Waals surface area contributed by atoms with E-state index in [2.05, 4.69) is 28.9 Å². The zero-order valence-corrected chi connectivity index (χ0v) is 15.2. The predicted octanol–water partition coefficient (Wildman–Crippen LogP) is 2.43. The highest BCUT2D eigenvalue weighted by molar-refractivity contribution is 9.10. The third-order valence-electron chi connectivity index (χ3n) is 2.74. The second kappa shape index (κ2) is 15.6. The third kappa shape index (κ3) is 11.3. The van der Waals surface area contributed by atoms with Gasteiger partial charge < -0.3 is 21.1 Å². The summed E-state index contributed by atoms with van der Waals surface area (Å²) in [7, 11) is 0. The van der Waals surface area contributed by atoms with Crippen molar-refractivity contribution in [1.29, 1.82) is 0 Å². The largest absolute Gasteiger partial charge is 0.368 e. The molecule has 0 saturated carbocycles. The number of rotatable bonds is 3. The van der Waals surface area contributed by atoms with Crippen molar-refractivity contribution < 1.29 is 14.4 Å². The van der Waals surface area contributed by atoms with E-state index in [1.807, 2.05) is 62.1 Å². The molecular formula is C18H23BrN2O3. The lowest BCUT2D eigenvalue weighted by Gasteiger charge is -2.06. The molecule has 0 heterocycles. The Balaban J connectivity index is 0. The fourth-order valence-electron chi connectivity index (χ4n) is 1.52. The Kier molecular flexibility index (Phi) is 15.5. The summed E-state index contributed by atoms with van der Waals surface area (Å²) in [6.45, 7) is 6.07. The van der Waals surface area contributed by atoms with E-state index in [1.165, 1.54) is 10.0 Å². The zero-order chi connectivity index (χ0) is 19.0. The van der Waals surface area contributed by atoms with Crippen LogP contribution in [0.4, 0.5) is 0 Å². The summed E-state index contributed by atoms with van der Waals surface area (Å²) in [4.78, 5) is 26.6. The van der Waals surface area contributed by atoms with Crippen LogP contribution in [-0.2, 0) is 20.8 Å². The van der Waals surface area contributed by atoms with Crippen LogP contribution in [0.2, 0.25) is 0 Å². The fraction of sp³-hybridized carbons (Fsp3) is 0.167. The molecule has 0 spiro atoms. The van der Waals surface area contributed by atoms with Gasteiger partial charge in [-0.15, -0.1) is 0 Å². The standard InChI is InChI=1S/C9H12N2O.C7H7Br.2CH2O/c10-8(9(11)12)6-7-4-2-1-3-5-7;1-6-4-2-3-5-7(6)8;2*1-2/h1-5,8H,6,10H2,(H2,11,12);2-5H,1H3;2*1H2/t8-;;;/m0.../s1. The van der Waals surface area contributed by atoms with Crippen LogP contribution in [-0.4, -0.2) is 25.5 Å². The van der Waals surface area contributed by atoms with Gasteiger partial charge in [-0.3, -0.25) is 4.79 Å². The molecule has 4 N–H and O–H groups in total. The molecule has 0 fully saturated rings. The smallest absolute Gasteiger partial charge is 0.234 e. The molecule has 2 aromatic rings. The van der Waals surface area contributed by atoms with Crippen molar-refractivity contribution in [2.45, 2.75) is 19.4 Å². The number of halogens is 1. The quantitative estimate of drug-likeness (QED) is 0.833. The fourth-order valence-corrected chi connectivity index (χ4v) is 1.80. The number of hydrogen-bond acceptors (Lipinski definition) is 4. The van der Waals surface area contributed by atoms with E-state index in [-0.39, 0.29) is 0 Å². The summed E-state index contributed by atoms with van der Waals surface area (Å²) < 4.78 is 1.18. The number of amides is 1. The average molecular weight is 395 g/mol. The number of carbonyl (C=O) groups excluding carboxylic acids is 3. The first-order chi connectivity index (χ1) is 11.5. The van der Waals surface area contributed by atoms with Crippen LogP contribution in [0.15, 0.2) is 59.1 Å². The summed E-state index contributed by atoms with van der Waals surface area (Å²) in [6, 6.07) is 17.1. The van der Waals surface area contributed by atoms with Crippen molar-refractivity contribution in [3.63, 3.8) is 0 Å². The van der Waals surface area contributed by atoms with Gasteiger partial charge in [0.1, 0.15) is 13.6 Å². The van der Waals surface area contributed by atoms with Gasteiger partial charge in [0, 0.05) is 4.47 Å². The number of benzene rings is 2. The maximum Gasteiger partial charge on any atom is 0.234 e. The van der Waals surface area contributed by atoms with Crippen molar-refractivity contribution in [3.8, 4) is 0 Å². The Hall–Kier alpha value is -2.31. The van der Waals surface area contributed by atoms with Gasteiger partial charge in [-0.05, 0) is 30.5 Å². The lowest BCUT2D eigenvalue weighted by Crippen LogP contribution is -2.38. The van der Waals surface area contributed by atoms with E-state index in [1.54, 1.807) is 0 Å². The van der Waals surface area contributed by atoms with Crippen molar-refractivity contribution in [3.05, 3.63) is 70.2 Å². The van der Waals surface area contributed by atoms with Gasteiger partial charge >= 0.3 is 0 Å². The Morgan fingerprint density at radius 1 is 1.00 bits per heavy atom. The lowest BCUT2D eigenvalue weighted by atomic mass is 10.1. The van der Waals surface area contributed by atoms with E-state index in [0.717, 1.165) is 5.56 Å². The Bertz CT molecular complexity index is 556. The number of hydrogen-bond donors (Lipinski definition) is 2. The number of nitrogens with two attached hydrogens (primary N) is 2. The maximum absolute atomic E-state index is 10.6. The summed E-state index contributed by atoms with van der Waals surface area (Å²) >= 11 is 3.40. The highest BCUT2D eigenvalue weighted by Crippen LogP contribution is 2.13. The van der Waals surface area contributed by atoms with Gasteiger partial charge in [-0.25, -0.2) is 0 Å². The monoisotopic (exact) mass is 394 g/mol. The lowest BCUT2D eigenvalue weighted by molar-refractivity contribution is -0.119. The van der Waals surface area contributed by atoms with Crippen LogP contribution in [0, 0.1) is 6.92 Å². The highest BCUT2D eigenvalue weighted by Gasteiger charge is 2.08. The predicted molar refractivity (Wildman–Crippen MR) is 100 cm³/mol. The minimum atomic E-state index is -0.576. The molecule has 0 unspecified atom stereocenters. The molecule has 2 aromatic carbocycles. The maximum atomic E-state index is 10.6. The normalized spacial score (nSPS) is 9.62. The number of carbonyl (C=O) groups is 3. The van der Waals surface area contributed by atoms with Crippen LogP contribution in [0.25, 0.3) is 0 Å². The molecule has 24 heavy (non-hydrogen) atoms. The molecule has 0 bridgehead atoms. The van der Waals surface area contributed by atoms with Crippen LogP contribution < -0.4 is 11.5 Å². The SMILES string of the molecule is C=O.C=O.Cc1ccccc1Br.NC(=O)[C@@H](N)Cc1ccccc1. The summed E-state index contributed by atoms with van der Waals surface area (Å²) in [6.07, 6.45) is 0.510. The van der Waals surface area contributed by atoms with E-state index >= 15 is 0 Å². The van der Waals surface area contributed by atoms with E-state index in [9.17, 15) is 4.79 Å². The second-order valence-corrected chi connectivity index (χ2v) is 5.30. The van der Waals surface area contributed by atoms with Crippen molar-refractivity contribution in [1.82, 2.24) is 0 Å². The molecule has 0 aromatic heterocycles. The van der Waals surface area contributed by atoms with Gasteiger partial charge in [0.05, 0.1) is 6.04 Å². The molecule has 0 aliphatic rings. The van der Waals surface area contributed by atoms with Crippen molar-refractivity contribution in [2.75, 3.05) is 0 Å². The van der Waals surface area contributed by atoms with Crippen molar-refractivity contribution >= 4 is 35.4 Å². The van der Waals surface area contributed by atoms with Crippen LogP contribution in [0.1, 0.15) is 11.1 Å². The van der Waals surface area contributed by atoms with Gasteiger partial charge in [0.25, 0.3) is 0 Å². The van der Waals surface area contributed by atoms with Crippen LogP contribution in [0.3, 0.4) is 0 Å². The molecule has 0 radical (unpaired) electrons. The van der Waals surface area contributed by atoms with Gasteiger partial charge in [0.15, 0.2) is 0 Å². The van der Waals surface area contributed by atoms with Crippen LogP contribution in [0.5, 0.6) is 0 Å². The van der Waals surface area contributed by atoms with E-state index in [4.69, 9.17) is 21.1 Å². The first kappa shape index (κ1) is 23.9. The molecule has 2 rings (SSSR count). The topological polar surface area (TPSA) is 103 Å². The minimum absolute atomic E-state index is 0.459. The minimum Gasteiger partial charge on any atom is -0.368 e. The molecule has 5 nitrogen and oxygen atoms in total. The van der Waals surface area contributed by atoms with Gasteiger partial charge in [-0.1, -0.05) is 64.5 Å². The second-order valence-electron chi connectivity index (χ2n) is 4.45. The molecule has 0 aliphatic carbocycles. The molecule has 1 amide bonds. The Labute approximate surface area is 151 Å². The van der Waals surface area contributed by atoms with E-state index < -0.39 is 11.9 Å².